The number of carbonyl (C=O) groups excluding carboxylic acids is 1. The van der Waals surface area contributed by atoms with E-state index in [2.05, 4.69) is 48.2 Å². The van der Waals surface area contributed by atoms with Crippen molar-refractivity contribution in [1.29, 1.82) is 0 Å². The Hall–Kier alpha value is -3.45. The molecule has 0 spiro atoms. The molecule has 0 aliphatic carbocycles. The van der Waals surface area contributed by atoms with Crippen LogP contribution in [0.15, 0.2) is 66.7 Å². The van der Waals surface area contributed by atoms with Crippen LogP contribution in [0.4, 0.5) is 4.79 Å². The molecular formula is C23H25N3O4. The lowest BCUT2D eigenvalue weighted by Gasteiger charge is -2.39. The van der Waals surface area contributed by atoms with Gasteiger partial charge in [-0.1, -0.05) is 54.6 Å². The molecule has 30 heavy (non-hydrogen) atoms. The summed E-state index contributed by atoms with van der Waals surface area (Å²) < 4.78 is 0.716. The fraction of sp³-hybridized carbons (Fsp3) is 0.261. The maximum atomic E-state index is 12.4. The van der Waals surface area contributed by atoms with Crippen molar-refractivity contribution in [2.45, 2.75) is 19.5 Å². The molecule has 1 aliphatic rings. The predicted octanol–water partition coefficient (Wildman–Crippen LogP) is 3.32. The average Bonchev–Trinajstić information content (AvgIpc) is 3.08. The van der Waals surface area contributed by atoms with Crippen LogP contribution >= 0.6 is 0 Å². The molecule has 2 aromatic carbocycles. The molecule has 7 nitrogen and oxygen atoms in total. The van der Waals surface area contributed by atoms with E-state index in [-0.39, 0.29) is 17.8 Å². The Balaban J connectivity index is 1.34. The van der Waals surface area contributed by atoms with E-state index in [1.165, 1.54) is 28.8 Å². The number of carbonyl (C=O) groups is 1. The first-order valence-corrected chi connectivity index (χ1v) is 9.96. The number of aromatic nitrogens is 1. The molecule has 156 valence electrons. The summed E-state index contributed by atoms with van der Waals surface area (Å²) in [6.45, 7) is 4.60. The maximum absolute atomic E-state index is 12.4. The van der Waals surface area contributed by atoms with Crippen LogP contribution in [0.25, 0.3) is 11.1 Å². The minimum atomic E-state index is -0.601. The molecule has 3 aromatic rings. The highest BCUT2D eigenvalue weighted by Gasteiger charge is 2.28. The van der Waals surface area contributed by atoms with Crippen LogP contribution in [0.1, 0.15) is 12.5 Å². The first kappa shape index (κ1) is 19.8. The number of piperazine rings is 1. The summed E-state index contributed by atoms with van der Waals surface area (Å²) in [6, 6.07) is 21.5. The number of nitrogens with zero attached hydrogens (tertiary/aromatic N) is 3. The topological polar surface area (TPSA) is 78.2 Å². The van der Waals surface area contributed by atoms with E-state index in [9.17, 15) is 15.0 Å². The molecule has 2 N–H and O–H groups in total. The first-order chi connectivity index (χ1) is 14.5. The van der Waals surface area contributed by atoms with Crippen molar-refractivity contribution in [3.8, 4) is 22.9 Å². The molecule has 7 heteroatoms. The molecule has 2 heterocycles. The van der Waals surface area contributed by atoms with E-state index < -0.39 is 6.09 Å². The highest BCUT2D eigenvalue weighted by atomic mass is 16.7. The maximum Gasteiger partial charge on any atom is 0.434 e. The summed E-state index contributed by atoms with van der Waals surface area (Å²) in [5.41, 5.74) is 3.61. The van der Waals surface area contributed by atoms with Crippen LogP contribution in [-0.2, 0) is 6.54 Å². The van der Waals surface area contributed by atoms with Crippen LogP contribution in [0.2, 0.25) is 0 Å². The number of amides is 1. The third-order valence-electron chi connectivity index (χ3n) is 5.44. The number of benzene rings is 2. The number of hydrogen-bond donors (Lipinski definition) is 2. The standard InChI is InChI=1S/C23H25N3O4/c1-17-15-25(23(29)30-26-21(27)11-12-22(26)28)14-13-24(17)16-18-7-9-20(10-8-18)19-5-3-2-4-6-19/h2-12,17,27-28H,13-16H2,1H3. The van der Waals surface area contributed by atoms with Crippen LogP contribution in [0.5, 0.6) is 11.8 Å². The Morgan fingerprint density at radius 2 is 1.57 bits per heavy atom. The van der Waals surface area contributed by atoms with Gasteiger partial charge in [0.2, 0.25) is 11.8 Å². The van der Waals surface area contributed by atoms with Crippen molar-refractivity contribution in [2.75, 3.05) is 19.6 Å². The molecule has 0 saturated carbocycles. The highest BCUT2D eigenvalue weighted by molar-refractivity contribution is 5.68. The van der Waals surface area contributed by atoms with E-state index in [4.69, 9.17) is 4.84 Å². The Morgan fingerprint density at radius 1 is 0.933 bits per heavy atom. The minimum absolute atomic E-state index is 0.145. The van der Waals surface area contributed by atoms with Crippen molar-refractivity contribution in [2.24, 2.45) is 0 Å². The van der Waals surface area contributed by atoms with Gasteiger partial charge in [-0.25, -0.2) is 4.79 Å². The summed E-state index contributed by atoms with van der Waals surface area (Å²) >= 11 is 0. The van der Waals surface area contributed by atoms with Gasteiger partial charge in [0.05, 0.1) is 0 Å². The van der Waals surface area contributed by atoms with Gasteiger partial charge in [-0.3, -0.25) is 4.90 Å². The quantitative estimate of drug-likeness (QED) is 0.694. The normalized spacial score (nSPS) is 17.1. The SMILES string of the molecule is CC1CN(C(=O)On2c(O)ccc2O)CCN1Cc1ccc(-c2ccccc2)cc1. The first-order valence-electron chi connectivity index (χ1n) is 9.96. The molecule has 1 amide bonds. The van der Waals surface area contributed by atoms with Gasteiger partial charge in [0, 0.05) is 44.4 Å². The monoisotopic (exact) mass is 407 g/mol. The predicted molar refractivity (Wildman–Crippen MR) is 113 cm³/mol. The zero-order valence-electron chi connectivity index (χ0n) is 16.8. The van der Waals surface area contributed by atoms with E-state index in [1.807, 2.05) is 18.2 Å². The Kier molecular flexibility index (Phi) is 5.63. The molecule has 1 aliphatic heterocycles. The van der Waals surface area contributed by atoms with Crippen LogP contribution < -0.4 is 4.84 Å². The van der Waals surface area contributed by atoms with Gasteiger partial charge in [0.25, 0.3) is 0 Å². The number of hydrogen-bond acceptors (Lipinski definition) is 5. The van der Waals surface area contributed by atoms with Gasteiger partial charge >= 0.3 is 6.09 Å². The lowest BCUT2D eigenvalue weighted by Crippen LogP contribution is -2.54. The van der Waals surface area contributed by atoms with E-state index >= 15 is 0 Å². The number of rotatable bonds is 4. The molecule has 1 fully saturated rings. The van der Waals surface area contributed by atoms with E-state index in [1.54, 1.807) is 4.90 Å². The Labute approximate surface area is 175 Å². The Bertz CT molecular complexity index is 982. The van der Waals surface area contributed by atoms with E-state index in [0.29, 0.717) is 24.4 Å². The largest absolute Gasteiger partial charge is 0.492 e. The molecule has 0 bridgehead atoms. The smallest absolute Gasteiger partial charge is 0.434 e. The second kappa shape index (κ2) is 8.51. The van der Waals surface area contributed by atoms with Crippen molar-refractivity contribution in [3.05, 3.63) is 72.3 Å². The van der Waals surface area contributed by atoms with Gasteiger partial charge in [0.1, 0.15) is 0 Å². The summed E-state index contributed by atoms with van der Waals surface area (Å²) in [7, 11) is 0. The summed E-state index contributed by atoms with van der Waals surface area (Å²) in [4.78, 5) is 21.4. The fourth-order valence-corrected chi connectivity index (χ4v) is 3.69. The lowest BCUT2D eigenvalue weighted by molar-refractivity contribution is 0.0392. The zero-order chi connectivity index (χ0) is 21.1. The molecule has 1 atom stereocenters. The molecule has 0 radical (unpaired) electrons. The second-order valence-corrected chi connectivity index (χ2v) is 7.53. The summed E-state index contributed by atoms with van der Waals surface area (Å²) in [5, 5.41) is 19.3. The van der Waals surface area contributed by atoms with Gasteiger partial charge in [-0.15, -0.1) is 4.73 Å². The van der Waals surface area contributed by atoms with E-state index in [0.717, 1.165) is 6.54 Å². The fourth-order valence-electron chi connectivity index (χ4n) is 3.69. The third-order valence-corrected chi connectivity index (χ3v) is 5.44. The summed E-state index contributed by atoms with van der Waals surface area (Å²) in [5.74, 6) is -0.655. The molecule has 1 saturated heterocycles. The molecular weight excluding hydrogens is 382 g/mol. The van der Waals surface area contributed by atoms with Crippen molar-refractivity contribution in [3.63, 3.8) is 0 Å². The summed E-state index contributed by atoms with van der Waals surface area (Å²) in [6.07, 6.45) is -0.601. The Morgan fingerprint density at radius 3 is 2.20 bits per heavy atom. The van der Waals surface area contributed by atoms with Gasteiger partial charge in [-0.05, 0) is 23.6 Å². The highest BCUT2D eigenvalue weighted by Crippen LogP contribution is 2.22. The average molecular weight is 407 g/mol. The van der Waals surface area contributed by atoms with Gasteiger partial charge in [-0.2, -0.15) is 0 Å². The number of aromatic hydroxyl groups is 2. The minimum Gasteiger partial charge on any atom is -0.492 e. The zero-order valence-corrected chi connectivity index (χ0v) is 16.8. The lowest BCUT2D eigenvalue weighted by atomic mass is 10.0. The molecule has 1 aromatic heterocycles. The van der Waals surface area contributed by atoms with Crippen molar-refractivity contribution in [1.82, 2.24) is 14.5 Å². The molecule has 4 rings (SSSR count). The van der Waals surface area contributed by atoms with Crippen LogP contribution in [-0.4, -0.2) is 56.5 Å². The van der Waals surface area contributed by atoms with Crippen LogP contribution in [0, 0.1) is 0 Å². The van der Waals surface area contributed by atoms with Gasteiger partial charge in [0.15, 0.2) is 0 Å². The third kappa shape index (κ3) is 4.26. The molecule has 1 unspecified atom stereocenters. The van der Waals surface area contributed by atoms with Crippen LogP contribution in [0.3, 0.4) is 0 Å². The van der Waals surface area contributed by atoms with Crippen molar-refractivity contribution >= 4 is 6.09 Å². The second-order valence-electron chi connectivity index (χ2n) is 7.53. The van der Waals surface area contributed by atoms with Gasteiger partial charge < -0.3 is 20.0 Å². The van der Waals surface area contributed by atoms with Crippen molar-refractivity contribution < 1.29 is 19.8 Å².